The molecule has 11 aromatic rings. The van der Waals surface area contributed by atoms with Gasteiger partial charge in [0, 0.05) is 10.3 Å². The Balaban J connectivity index is 0.918. The van der Waals surface area contributed by atoms with Crippen LogP contribution in [0.15, 0.2) is 17.0 Å². The van der Waals surface area contributed by atoms with E-state index in [2.05, 4.69) is 103 Å². The first-order chi connectivity index (χ1) is 38.9. The van der Waals surface area contributed by atoms with Gasteiger partial charge in [0.2, 0.25) is 0 Å². The van der Waals surface area contributed by atoms with Gasteiger partial charge in [-0.2, -0.15) is 0 Å². The molecular weight excluding hydrogens is 969 g/mol. The van der Waals surface area contributed by atoms with E-state index >= 15 is 0 Å². The van der Waals surface area contributed by atoms with E-state index in [1.165, 1.54) is 32.1 Å². The van der Waals surface area contributed by atoms with Gasteiger partial charge in [0.05, 0.1) is 4.75 Å². The fourth-order valence-corrected chi connectivity index (χ4v) is 36.1. The lowest BCUT2D eigenvalue weighted by Crippen LogP contribution is -2.62. The lowest BCUT2D eigenvalue weighted by molar-refractivity contribution is 0.0341. The molecule has 11 aromatic carbocycles. The van der Waals surface area contributed by atoms with Gasteiger partial charge in [-0.3, -0.25) is 0 Å². The topological polar surface area (TPSA) is 0 Å². The Bertz CT molecular complexity index is 5750. The zero-order valence-corrected chi connectivity index (χ0v) is 45.5. The van der Waals surface area contributed by atoms with Crippen molar-refractivity contribution in [3.63, 3.8) is 0 Å². The third-order valence-corrected chi connectivity index (χ3v) is 35.0. The van der Waals surface area contributed by atoms with Crippen molar-refractivity contribution < 1.29 is 0 Å². The van der Waals surface area contributed by atoms with Crippen LogP contribution in [-0.2, 0) is 22.0 Å². The number of fused-ring (bicyclic) bond motifs is 1. The van der Waals surface area contributed by atoms with Gasteiger partial charge < -0.3 is 0 Å². The second-order valence-corrected chi connectivity index (χ2v) is 35.3. The predicted octanol–water partition coefficient (Wildman–Crippen LogP) is 18.6. The third kappa shape index (κ3) is 2.15. The molecule has 0 bridgehead atoms. The second kappa shape index (κ2) is 8.48. The Labute approximate surface area is 457 Å². The first-order valence-electron chi connectivity index (χ1n) is 33.0. The minimum absolute atomic E-state index is 0.00313. The highest BCUT2D eigenvalue weighted by Crippen LogP contribution is 3.01. The summed E-state index contributed by atoms with van der Waals surface area (Å²) in [5.74, 6) is 13.9. The van der Waals surface area contributed by atoms with E-state index in [0.717, 1.165) is 5.92 Å². The summed E-state index contributed by atoms with van der Waals surface area (Å²) in [6, 6.07) is 6.13. The monoisotopic (exact) mass is 1020 g/mol. The minimum atomic E-state index is -0.00313. The van der Waals surface area contributed by atoms with Gasteiger partial charge in [-0.15, -0.1) is 11.8 Å². The summed E-state index contributed by atoms with van der Waals surface area (Å²) in [5.41, 5.74) is 50.3. The third-order valence-electron chi connectivity index (χ3n) is 33.3. The predicted molar refractivity (Wildman–Crippen MR) is 312 cm³/mol. The molecule has 0 aromatic heterocycles. The van der Waals surface area contributed by atoms with Crippen molar-refractivity contribution >= 4 is 97.9 Å². The summed E-state index contributed by atoms with van der Waals surface area (Å²) in [5, 5.41) is 30.9. The van der Waals surface area contributed by atoms with Gasteiger partial charge in [-0.25, -0.2) is 0 Å². The SMILES string of the molecule is CCCCC(CC)Cc1cc2c(cc1C(C)(C)C)SC13c4c5c6c7c8c9c%10c%11c%12c%13c%14c%15c(c%16c%13c%10c7c4-%16)C21C1C%15C2c4c7c%10c%13c%15c%16c%17c%18c%19c%20c%21c%22c%23c(c4c4c%22c%19c%16c%104)C2C%14C%12C%23C%21C%11C9C%20C%18C8C6C%17C%15C5C3C%13C71. The first-order valence-corrected chi connectivity index (χ1v) is 33.8. The lowest BCUT2D eigenvalue weighted by Gasteiger charge is -2.65. The van der Waals surface area contributed by atoms with Crippen molar-refractivity contribution in [2.24, 2.45) is 17.8 Å². The van der Waals surface area contributed by atoms with E-state index in [-0.39, 0.29) is 15.6 Å². The summed E-state index contributed by atoms with van der Waals surface area (Å²) >= 11 is 2.64. The maximum absolute atomic E-state index is 3.13. The van der Waals surface area contributed by atoms with E-state index in [9.17, 15) is 0 Å². The molecule has 0 nitrogen and oxygen atoms in total. The quantitative estimate of drug-likeness (QED) is 0.150. The van der Waals surface area contributed by atoms with Crippen molar-refractivity contribution in [3.05, 3.63) is 140 Å². The molecule has 23 atom stereocenters. The van der Waals surface area contributed by atoms with Crippen LogP contribution in [0.3, 0.4) is 0 Å². The molecule has 0 saturated heterocycles. The van der Waals surface area contributed by atoms with Crippen molar-refractivity contribution in [2.75, 3.05) is 0 Å². The standard InChI is InChI=1S/C78H48S/c1-6-8-9-13(7-2)10-14-11-16-17(12-15(14)76(3,4)5)79-78-74-68-62-52-40-32-24-20-18-19-22-26(24)34(40)44-38-30(22)31-23(19)27-25-21(18)29-28(20)36-42(32)50-56-46(36)47-37(29)43-33(25)41-35(27)45-39(31)49-48(38)60(54(44)62)70(74)71-61(49)55(45)63-53(41)59-51(43)57(47)65-64(56)72(66(68)58(50)52)77(16,78)73(65)67(59)69(63)75(71)78/h11-13,20,22,24,26,28,30,36,38,46-49,57,61,65,67,69,71,73,75H,6-10H2,1-5H3. The van der Waals surface area contributed by atoms with Gasteiger partial charge in [-0.1, -0.05) is 66.4 Å². The molecule has 34 rings (SSSR count). The molecule has 23 aliphatic rings. The van der Waals surface area contributed by atoms with Crippen LogP contribution in [-0.4, -0.2) is 0 Å². The number of rotatable bonds is 6. The van der Waals surface area contributed by atoms with Crippen molar-refractivity contribution in [2.45, 2.75) is 194 Å². The second-order valence-electron chi connectivity index (χ2n) is 34.0. The minimum Gasteiger partial charge on any atom is -0.112 e. The van der Waals surface area contributed by atoms with Gasteiger partial charge in [0.1, 0.15) is 0 Å². The zero-order valence-electron chi connectivity index (χ0n) is 44.7. The van der Waals surface area contributed by atoms with E-state index < -0.39 is 0 Å². The highest BCUT2D eigenvalue weighted by molar-refractivity contribution is 8.00. The molecule has 22 aliphatic carbocycles. The van der Waals surface area contributed by atoms with Crippen LogP contribution < -0.4 is 0 Å². The van der Waals surface area contributed by atoms with Crippen molar-refractivity contribution in [3.8, 4) is 11.1 Å². The van der Waals surface area contributed by atoms with Crippen LogP contribution in [0.5, 0.6) is 0 Å². The average molecular weight is 1020 g/mol. The summed E-state index contributed by atoms with van der Waals surface area (Å²) in [6.45, 7) is 12.8. The Kier molecular flexibility index (Phi) is 3.74. The summed E-state index contributed by atoms with van der Waals surface area (Å²) in [6.07, 6.45) is 6.63. The highest BCUT2D eigenvalue weighted by atomic mass is 32.2. The molecule has 0 N–H and O–H groups in total. The van der Waals surface area contributed by atoms with Crippen molar-refractivity contribution in [1.82, 2.24) is 0 Å². The normalized spacial score (nSPS) is 44.5. The van der Waals surface area contributed by atoms with Gasteiger partial charge in [0.25, 0.3) is 0 Å². The molecule has 1 fully saturated rings. The summed E-state index contributed by atoms with van der Waals surface area (Å²) < 4.78 is 0.0308. The highest BCUT2D eigenvalue weighted by Gasteiger charge is 2.89. The molecule has 1 heterocycles. The van der Waals surface area contributed by atoms with Crippen LogP contribution in [0.1, 0.15) is 295 Å². The number of thioether (sulfide) groups is 1. The molecule has 2 spiro atoms. The molecule has 1 aliphatic heterocycles. The average Bonchev–Trinajstić information content (AvgIpc) is 1.41. The van der Waals surface area contributed by atoms with E-state index in [0.29, 0.717) is 118 Å². The molecule has 1 saturated carbocycles. The molecule has 366 valence electrons. The smallest absolute Gasteiger partial charge is 0.0645 e. The molecule has 1 heteroatoms. The Morgan fingerprint density at radius 2 is 0.759 bits per heavy atom. The summed E-state index contributed by atoms with van der Waals surface area (Å²) in [7, 11) is 0. The maximum atomic E-state index is 3.13. The molecular formula is C78H48S. The van der Waals surface area contributed by atoms with E-state index in [4.69, 9.17) is 0 Å². The number of hydrogen-bond acceptors (Lipinski definition) is 1. The van der Waals surface area contributed by atoms with Crippen LogP contribution in [0.25, 0.3) is 97.3 Å². The van der Waals surface area contributed by atoms with Gasteiger partial charge >= 0.3 is 0 Å². The van der Waals surface area contributed by atoms with Gasteiger partial charge in [0.15, 0.2) is 0 Å². The maximum Gasteiger partial charge on any atom is 0.0645 e. The van der Waals surface area contributed by atoms with Crippen molar-refractivity contribution in [1.29, 1.82) is 0 Å². The van der Waals surface area contributed by atoms with Crippen LogP contribution in [0, 0.1) is 17.8 Å². The zero-order chi connectivity index (χ0) is 48.5. The lowest BCUT2D eigenvalue weighted by atomic mass is 9.39. The fraction of sp³-hybridized carbons (Fsp3) is 0.436. The number of hydrogen-bond donors (Lipinski definition) is 0. The Morgan fingerprint density at radius 1 is 0.405 bits per heavy atom. The molecule has 0 radical (unpaired) electrons. The van der Waals surface area contributed by atoms with Crippen LogP contribution in [0.4, 0.5) is 0 Å². The molecule has 23 unspecified atom stereocenters. The van der Waals surface area contributed by atoms with Gasteiger partial charge in [-0.05, 0) is 367 Å². The Hall–Kier alpha value is -5.37. The largest absolute Gasteiger partial charge is 0.112 e. The number of unbranched alkanes of at least 4 members (excludes halogenated alkanes) is 1. The van der Waals surface area contributed by atoms with E-state index in [1.54, 1.807) is 16.0 Å². The van der Waals surface area contributed by atoms with E-state index in [1.807, 2.05) is 170 Å². The summed E-state index contributed by atoms with van der Waals surface area (Å²) in [4.78, 5) is 1.77. The molecule has 0 amide bonds. The number of benzene rings is 10. The first kappa shape index (κ1) is 34.8. The molecule has 79 heavy (non-hydrogen) atoms. The fourth-order valence-electron chi connectivity index (χ4n) is 34.0. The van der Waals surface area contributed by atoms with Crippen LogP contribution in [0.2, 0.25) is 0 Å². The van der Waals surface area contributed by atoms with Crippen LogP contribution >= 0.6 is 11.8 Å². The Morgan fingerprint density at radius 3 is 1.20 bits per heavy atom.